The lowest BCUT2D eigenvalue weighted by atomic mass is 9.92. The molecule has 59 heavy (non-hydrogen) atoms. The Balaban J connectivity index is 0.00000142. The smallest absolute Gasteiger partial charge is 0.274 e. The molecule has 0 fully saturated rings. The van der Waals surface area contributed by atoms with Crippen LogP contribution in [0.1, 0.15) is 53.5 Å². The highest BCUT2D eigenvalue weighted by atomic mass is 35.5. The first-order chi connectivity index (χ1) is 28.6. The normalized spacial score (nSPS) is 17.5. The Bertz CT molecular complexity index is 2330. The van der Waals surface area contributed by atoms with Gasteiger partial charge in [0.05, 0.1) is 0 Å². The van der Waals surface area contributed by atoms with E-state index in [1.807, 2.05) is 81.4 Å². The van der Waals surface area contributed by atoms with Gasteiger partial charge >= 0.3 is 0 Å². The quantitative estimate of drug-likeness (QED) is 0.146. The van der Waals surface area contributed by atoms with Crippen molar-refractivity contribution in [2.75, 3.05) is 20.3 Å². The van der Waals surface area contributed by atoms with Crippen LogP contribution in [0.2, 0.25) is 5.02 Å². The van der Waals surface area contributed by atoms with Crippen molar-refractivity contribution in [3.05, 3.63) is 147 Å². The number of carbonyl (C=O) groups excluding carboxylic acids is 3. The van der Waals surface area contributed by atoms with Crippen molar-refractivity contribution in [3.8, 4) is 33.8 Å². The monoisotopic (exact) mass is 816 g/mol. The third-order valence-corrected chi connectivity index (χ3v) is 11.0. The summed E-state index contributed by atoms with van der Waals surface area (Å²) >= 11 is 6.22. The summed E-state index contributed by atoms with van der Waals surface area (Å²) in [5.41, 5.74) is 10.9. The average Bonchev–Trinajstić information content (AvgIpc) is 3.61. The highest BCUT2D eigenvalue weighted by Crippen LogP contribution is 2.41. The Morgan fingerprint density at radius 1 is 0.898 bits per heavy atom. The molecule has 0 aliphatic carbocycles. The molecule has 11 nitrogen and oxygen atoms in total. The first kappa shape index (κ1) is 42.4. The van der Waals surface area contributed by atoms with Gasteiger partial charge < -0.3 is 39.6 Å². The predicted molar refractivity (Wildman–Crippen MR) is 228 cm³/mol. The highest BCUT2D eigenvalue weighted by molar-refractivity contribution is 6.30. The minimum atomic E-state index is -0.730. The van der Waals surface area contributed by atoms with E-state index in [0.717, 1.165) is 62.9 Å². The fourth-order valence-electron chi connectivity index (χ4n) is 7.59. The van der Waals surface area contributed by atoms with Crippen LogP contribution in [0.25, 0.3) is 22.3 Å². The summed E-state index contributed by atoms with van der Waals surface area (Å²) in [4.78, 5) is 42.1. The number of amides is 2. The molecule has 2 amide bonds. The Kier molecular flexibility index (Phi) is 13.7. The molecule has 3 unspecified atom stereocenters. The van der Waals surface area contributed by atoms with E-state index in [9.17, 15) is 9.59 Å². The van der Waals surface area contributed by atoms with E-state index in [0.29, 0.717) is 54.0 Å². The Hall–Kier alpha value is -6.17. The molecule has 0 spiro atoms. The van der Waals surface area contributed by atoms with E-state index >= 15 is 0 Å². The number of aryl methyl sites for hydroxylation is 1. The molecule has 0 bridgehead atoms. The van der Waals surface area contributed by atoms with Crippen LogP contribution in [-0.4, -0.2) is 66.1 Å². The lowest BCUT2D eigenvalue weighted by Gasteiger charge is -2.37. The molecule has 12 heteroatoms. The third kappa shape index (κ3) is 9.43. The maximum absolute atomic E-state index is 14.1. The van der Waals surface area contributed by atoms with Crippen LogP contribution in [0, 0.1) is 13.8 Å². The van der Waals surface area contributed by atoms with Crippen molar-refractivity contribution in [2.45, 2.75) is 65.5 Å². The van der Waals surface area contributed by atoms with Gasteiger partial charge in [-0.1, -0.05) is 72.3 Å². The van der Waals surface area contributed by atoms with Crippen LogP contribution in [-0.2, 0) is 38.5 Å². The molecule has 3 atom stereocenters. The van der Waals surface area contributed by atoms with E-state index in [4.69, 9.17) is 35.7 Å². The molecule has 4 heterocycles. The van der Waals surface area contributed by atoms with Gasteiger partial charge in [0.1, 0.15) is 30.9 Å². The van der Waals surface area contributed by atoms with Gasteiger partial charge in [-0.2, -0.15) is 0 Å². The topological polar surface area (TPSA) is 139 Å². The zero-order valence-corrected chi connectivity index (χ0v) is 34.6. The average molecular weight is 817 g/mol. The van der Waals surface area contributed by atoms with Crippen LogP contribution in [0.5, 0.6) is 11.5 Å². The summed E-state index contributed by atoms with van der Waals surface area (Å²) in [7, 11) is 1.00. The van der Waals surface area contributed by atoms with Gasteiger partial charge in [0.15, 0.2) is 23.8 Å². The molecule has 306 valence electrons. The minimum Gasteiger partial charge on any atom is -0.485 e. The number of allylic oxidation sites excluding steroid dienone is 1. The van der Waals surface area contributed by atoms with Gasteiger partial charge in [-0.3, -0.25) is 14.6 Å². The second-order valence-electron chi connectivity index (χ2n) is 14.4. The molecular weight excluding hydrogens is 768 g/mol. The Morgan fingerprint density at radius 2 is 1.61 bits per heavy atom. The number of pyridine rings is 1. The number of nitrogens with zero attached hydrogens (tertiary/aromatic N) is 2. The molecular formula is C47H49ClN4O7. The lowest BCUT2D eigenvalue weighted by Crippen LogP contribution is -2.54. The van der Waals surface area contributed by atoms with Crippen LogP contribution in [0.3, 0.4) is 0 Å². The van der Waals surface area contributed by atoms with Gasteiger partial charge in [0, 0.05) is 43.5 Å². The van der Waals surface area contributed by atoms with Crippen molar-refractivity contribution in [2.24, 2.45) is 0 Å². The van der Waals surface area contributed by atoms with Gasteiger partial charge in [-0.25, -0.2) is 0 Å². The van der Waals surface area contributed by atoms with E-state index in [1.165, 1.54) is 0 Å². The summed E-state index contributed by atoms with van der Waals surface area (Å²) < 4.78 is 18.5. The van der Waals surface area contributed by atoms with E-state index in [1.54, 1.807) is 11.8 Å². The first-order valence-corrected chi connectivity index (χ1v) is 19.8. The Labute approximate surface area is 350 Å². The molecule has 4 aromatic carbocycles. The number of aromatic nitrogens is 1. The second kappa shape index (κ2) is 19.1. The summed E-state index contributed by atoms with van der Waals surface area (Å²) in [5, 5.41) is 14.0. The van der Waals surface area contributed by atoms with Gasteiger partial charge in [-0.15, -0.1) is 0 Å². The number of hydrogen-bond donors (Lipinski definition) is 3. The van der Waals surface area contributed by atoms with Crippen LogP contribution < -0.4 is 20.1 Å². The fourth-order valence-corrected chi connectivity index (χ4v) is 7.78. The molecule has 0 radical (unpaired) electrons. The fraction of sp³-hybridized carbons (Fsp3) is 0.277. The predicted octanol–water partition coefficient (Wildman–Crippen LogP) is 7.43. The summed E-state index contributed by atoms with van der Waals surface area (Å²) in [5.74, 6) is 1.26. The number of benzene rings is 4. The highest BCUT2D eigenvalue weighted by Gasteiger charge is 2.39. The van der Waals surface area contributed by atoms with E-state index in [2.05, 4.69) is 58.9 Å². The van der Waals surface area contributed by atoms with E-state index < -0.39 is 6.04 Å². The molecule has 3 N–H and O–H groups in total. The standard InChI is InChI=1S/C45H43ClN4O5.CH4O.CH2O/c1-26-27(2)47-19-17-38(26)32-10-8-30(9-11-32)16-18-48-44(51)39-21-35-22-40-41(23-36(35)24-50(39)45(52)43-28(3)54-29(4)49-43)55-42(25-53-40)33-14-12-31(13-15-33)34-6-5-7-37(46)20-34;2*1-2/h5-15,17,19-20,22-23,29,39,42,49H,16,18,21,24-25H2,1-4H3,(H,48,51);2H,1H3;1H2. The zero-order valence-electron chi connectivity index (χ0n) is 33.9. The van der Waals surface area contributed by atoms with Crippen LogP contribution in [0.15, 0.2) is 109 Å². The number of halogens is 1. The molecule has 5 aromatic rings. The minimum absolute atomic E-state index is 0.208. The molecule has 3 aliphatic rings. The number of hydrogen-bond acceptors (Lipinski definition) is 9. The zero-order chi connectivity index (χ0) is 42.2. The van der Waals surface area contributed by atoms with Crippen molar-refractivity contribution in [3.63, 3.8) is 0 Å². The molecule has 3 aliphatic heterocycles. The molecule has 0 saturated carbocycles. The Morgan fingerprint density at radius 3 is 2.31 bits per heavy atom. The maximum Gasteiger partial charge on any atom is 0.274 e. The molecule has 8 rings (SSSR count). The van der Waals surface area contributed by atoms with Crippen LogP contribution >= 0.6 is 11.6 Å². The number of fused-ring (bicyclic) bond motifs is 2. The first-order valence-electron chi connectivity index (χ1n) is 19.4. The maximum atomic E-state index is 14.1. The largest absolute Gasteiger partial charge is 0.485 e. The van der Waals surface area contributed by atoms with Crippen molar-refractivity contribution >= 4 is 30.2 Å². The van der Waals surface area contributed by atoms with Crippen molar-refractivity contribution < 1.29 is 33.7 Å². The number of aliphatic hydroxyl groups is 1. The number of aliphatic hydroxyl groups excluding tert-OH is 1. The van der Waals surface area contributed by atoms with Gasteiger partial charge in [0.2, 0.25) is 5.91 Å². The third-order valence-electron chi connectivity index (χ3n) is 10.8. The molecule has 1 aromatic heterocycles. The second-order valence-corrected chi connectivity index (χ2v) is 14.8. The van der Waals surface area contributed by atoms with Crippen molar-refractivity contribution in [1.82, 2.24) is 20.5 Å². The number of carbonyl (C=O) groups is 3. The molecule has 0 saturated heterocycles. The SMILES string of the molecule is C=O.CC1=C(C(=O)N2Cc3cc4c(cc3CC2C(=O)NCCc2ccc(-c3ccnc(C)c3C)cc2)OCC(c2ccc(-c3cccc(Cl)c3)cc2)O4)NC(C)O1.CO. The van der Waals surface area contributed by atoms with Crippen LogP contribution in [0.4, 0.5) is 0 Å². The summed E-state index contributed by atoms with van der Waals surface area (Å²) in [6.45, 7) is 10.7. The summed E-state index contributed by atoms with van der Waals surface area (Å²) in [6.07, 6.45) is 2.17. The summed E-state index contributed by atoms with van der Waals surface area (Å²) in [6, 6.07) is 29.6. The van der Waals surface area contributed by atoms with Gasteiger partial charge in [0.25, 0.3) is 5.91 Å². The van der Waals surface area contributed by atoms with Crippen molar-refractivity contribution in [1.29, 1.82) is 0 Å². The van der Waals surface area contributed by atoms with E-state index in [-0.39, 0.29) is 30.7 Å². The number of ether oxygens (including phenoxy) is 3. The lowest BCUT2D eigenvalue weighted by molar-refractivity contribution is -0.139. The van der Waals surface area contributed by atoms with Gasteiger partial charge in [-0.05, 0) is 115 Å². The number of rotatable bonds is 8. The number of nitrogens with one attached hydrogen (secondary N) is 2.